The molecule has 0 fully saturated rings. The Morgan fingerprint density at radius 2 is 2.12 bits per heavy atom. The summed E-state index contributed by atoms with van der Waals surface area (Å²) in [6, 6.07) is 1.59. The van der Waals surface area contributed by atoms with E-state index >= 15 is 0 Å². The van der Waals surface area contributed by atoms with Gasteiger partial charge in [-0.1, -0.05) is 0 Å². The summed E-state index contributed by atoms with van der Waals surface area (Å²) in [5, 5.41) is 4.00. The largest absolute Gasteiger partial charge is 0.294 e. The van der Waals surface area contributed by atoms with Crippen LogP contribution in [-0.2, 0) is 0 Å². The molecule has 0 atom stereocenters. The molecule has 88 valence electrons. The molecular weight excluding hydrogens is 221 g/mol. The number of halogens is 1. The van der Waals surface area contributed by atoms with Crippen LogP contribution in [0.2, 0.25) is 0 Å². The second-order valence-electron chi connectivity index (χ2n) is 3.88. The van der Waals surface area contributed by atoms with Gasteiger partial charge >= 0.3 is 0 Å². The molecule has 5 heteroatoms. The van der Waals surface area contributed by atoms with Crippen LogP contribution in [-0.4, -0.2) is 20.5 Å². The first-order chi connectivity index (χ1) is 8.02. The van der Waals surface area contributed by atoms with E-state index in [1.165, 1.54) is 24.0 Å². The SMILES string of the molecule is CC(=O)c1cnn(-c2nccc(C)c2F)c1C. The molecule has 2 rings (SSSR count). The Morgan fingerprint density at radius 1 is 1.41 bits per heavy atom. The molecule has 0 saturated carbocycles. The molecule has 0 aliphatic heterocycles. The monoisotopic (exact) mass is 233 g/mol. The number of carbonyl (C=O) groups excluding carboxylic acids is 1. The van der Waals surface area contributed by atoms with Gasteiger partial charge in [0.1, 0.15) is 0 Å². The summed E-state index contributed by atoms with van der Waals surface area (Å²) in [5.41, 5.74) is 1.57. The van der Waals surface area contributed by atoms with E-state index in [-0.39, 0.29) is 11.6 Å². The fourth-order valence-corrected chi connectivity index (χ4v) is 1.64. The Morgan fingerprint density at radius 3 is 2.71 bits per heavy atom. The first-order valence-corrected chi connectivity index (χ1v) is 5.19. The van der Waals surface area contributed by atoms with E-state index in [1.54, 1.807) is 19.9 Å². The van der Waals surface area contributed by atoms with Crippen LogP contribution in [0, 0.1) is 19.7 Å². The maximum Gasteiger partial charge on any atom is 0.190 e. The predicted molar refractivity (Wildman–Crippen MR) is 60.8 cm³/mol. The molecule has 17 heavy (non-hydrogen) atoms. The number of aryl methyl sites for hydroxylation is 1. The van der Waals surface area contributed by atoms with Gasteiger partial charge in [-0.05, 0) is 32.4 Å². The lowest BCUT2D eigenvalue weighted by Gasteiger charge is -2.06. The van der Waals surface area contributed by atoms with Gasteiger partial charge in [0.05, 0.1) is 17.5 Å². The summed E-state index contributed by atoms with van der Waals surface area (Å²) in [6.07, 6.45) is 2.95. The summed E-state index contributed by atoms with van der Waals surface area (Å²) in [4.78, 5) is 15.3. The van der Waals surface area contributed by atoms with Crippen molar-refractivity contribution in [3.8, 4) is 5.82 Å². The Hall–Kier alpha value is -2.04. The summed E-state index contributed by atoms with van der Waals surface area (Å²) >= 11 is 0. The summed E-state index contributed by atoms with van der Waals surface area (Å²) in [7, 11) is 0. The van der Waals surface area contributed by atoms with Gasteiger partial charge in [0.2, 0.25) is 0 Å². The minimum absolute atomic E-state index is 0.0955. The third kappa shape index (κ3) is 1.84. The van der Waals surface area contributed by atoms with Gasteiger partial charge in [0.15, 0.2) is 17.4 Å². The molecule has 2 heterocycles. The zero-order valence-corrected chi connectivity index (χ0v) is 9.86. The second-order valence-corrected chi connectivity index (χ2v) is 3.88. The van der Waals surface area contributed by atoms with Crippen LogP contribution in [0.5, 0.6) is 0 Å². The van der Waals surface area contributed by atoms with Crippen molar-refractivity contribution in [2.45, 2.75) is 20.8 Å². The van der Waals surface area contributed by atoms with Gasteiger partial charge < -0.3 is 0 Å². The van der Waals surface area contributed by atoms with Crippen LogP contribution in [0.3, 0.4) is 0 Å². The van der Waals surface area contributed by atoms with E-state index in [4.69, 9.17) is 0 Å². The second kappa shape index (κ2) is 4.08. The molecule has 2 aromatic heterocycles. The number of hydrogen-bond acceptors (Lipinski definition) is 3. The van der Waals surface area contributed by atoms with Crippen molar-refractivity contribution in [2.75, 3.05) is 0 Å². The van der Waals surface area contributed by atoms with Crippen LogP contribution in [0.15, 0.2) is 18.5 Å². The number of nitrogens with zero attached hydrogens (tertiary/aromatic N) is 3. The Balaban J connectivity index is 2.62. The smallest absolute Gasteiger partial charge is 0.190 e. The Bertz CT molecular complexity index is 589. The lowest BCUT2D eigenvalue weighted by molar-refractivity contribution is 0.101. The van der Waals surface area contributed by atoms with Gasteiger partial charge in [-0.15, -0.1) is 0 Å². The highest BCUT2D eigenvalue weighted by Crippen LogP contribution is 2.17. The van der Waals surface area contributed by atoms with Crippen molar-refractivity contribution in [1.82, 2.24) is 14.8 Å². The van der Waals surface area contributed by atoms with Crippen LogP contribution in [0.1, 0.15) is 28.5 Å². The van der Waals surface area contributed by atoms with Gasteiger partial charge in [-0.2, -0.15) is 5.10 Å². The molecule has 0 aliphatic rings. The maximum absolute atomic E-state index is 13.9. The van der Waals surface area contributed by atoms with Gasteiger partial charge in [0.25, 0.3) is 0 Å². The molecule has 0 aliphatic carbocycles. The van der Waals surface area contributed by atoms with Gasteiger partial charge in [0, 0.05) is 6.20 Å². The molecule has 0 radical (unpaired) electrons. The zero-order valence-electron chi connectivity index (χ0n) is 9.86. The van der Waals surface area contributed by atoms with E-state index in [0.29, 0.717) is 16.8 Å². The number of aromatic nitrogens is 3. The lowest BCUT2D eigenvalue weighted by atomic mass is 10.2. The number of carbonyl (C=O) groups is 1. The topological polar surface area (TPSA) is 47.8 Å². The summed E-state index contributed by atoms with van der Waals surface area (Å²) in [6.45, 7) is 4.83. The number of hydrogen-bond donors (Lipinski definition) is 0. The molecule has 0 N–H and O–H groups in total. The molecule has 0 spiro atoms. The fraction of sp³-hybridized carbons (Fsp3) is 0.250. The molecule has 0 bridgehead atoms. The average Bonchev–Trinajstić information content (AvgIpc) is 2.64. The third-order valence-electron chi connectivity index (χ3n) is 2.65. The first kappa shape index (κ1) is 11.4. The average molecular weight is 233 g/mol. The normalized spacial score (nSPS) is 10.6. The fourth-order valence-electron chi connectivity index (χ4n) is 1.64. The standard InChI is InChI=1S/C12H12FN3O/c1-7-4-5-14-12(11(7)13)16-8(2)10(6-15-16)9(3)17/h4-6H,1-3H3. The Labute approximate surface area is 98.1 Å². The minimum Gasteiger partial charge on any atom is -0.294 e. The number of ketones is 1. The molecule has 4 nitrogen and oxygen atoms in total. The molecule has 0 saturated heterocycles. The van der Waals surface area contributed by atoms with E-state index in [9.17, 15) is 9.18 Å². The van der Waals surface area contributed by atoms with E-state index in [2.05, 4.69) is 10.1 Å². The van der Waals surface area contributed by atoms with Crippen LogP contribution >= 0.6 is 0 Å². The van der Waals surface area contributed by atoms with Crippen molar-refractivity contribution in [2.24, 2.45) is 0 Å². The quantitative estimate of drug-likeness (QED) is 0.747. The minimum atomic E-state index is -0.422. The maximum atomic E-state index is 13.9. The number of Topliss-reactive ketones (excluding diaryl/α,β-unsaturated/α-hetero) is 1. The predicted octanol–water partition coefficient (Wildman–Crippen LogP) is 2.23. The molecule has 2 aromatic rings. The van der Waals surface area contributed by atoms with E-state index in [0.717, 1.165) is 0 Å². The molecule has 0 aromatic carbocycles. The Kier molecular flexibility index (Phi) is 2.75. The van der Waals surface area contributed by atoms with Gasteiger partial charge in [-0.25, -0.2) is 14.1 Å². The van der Waals surface area contributed by atoms with Crippen molar-refractivity contribution >= 4 is 5.78 Å². The van der Waals surface area contributed by atoms with Crippen molar-refractivity contribution < 1.29 is 9.18 Å². The number of pyridine rings is 1. The molecular formula is C12H12FN3O. The number of rotatable bonds is 2. The van der Waals surface area contributed by atoms with Crippen LogP contribution < -0.4 is 0 Å². The van der Waals surface area contributed by atoms with Crippen molar-refractivity contribution in [3.63, 3.8) is 0 Å². The zero-order chi connectivity index (χ0) is 12.6. The summed E-state index contributed by atoms with van der Waals surface area (Å²) in [5.74, 6) is -0.398. The third-order valence-corrected chi connectivity index (χ3v) is 2.65. The molecule has 0 unspecified atom stereocenters. The lowest BCUT2D eigenvalue weighted by Crippen LogP contribution is -2.06. The van der Waals surface area contributed by atoms with E-state index < -0.39 is 5.82 Å². The highest BCUT2D eigenvalue weighted by molar-refractivity contribution is 5.94. The van der Waals surface area contributed by atoms with Crippen LogP contribution in [0.25, 0.3) is 5.82 Å². The van der Waals surface area contributed by atoms with E-state index in [1.807, 2.05) is 0 Å². The van der Waals surface area contributed by atoms with Crippen molar-refractivity contribution in [1.29, 1.82) is 0 Å². The summed E-state index contributed by atoms with van der Waals surface area (Å²) < 4.78 is 15.2. The highest BCUT2D eigenvalue weighted by atomic mass is 19.1. The van der Waals surface area contributed by atoms with Crippen LogP contribution in [0.4, 0.5) is 4.39 Å². The highest BCUT2D eigenvalue weighted by Gasteiger charge is 2.15. The molecule has 0 amide bonds. The first-order valence-electron chi connectivity index (χ1n) is 5.19. The van der Waals surface area contributed by atoms with Gasteiger partial charge in [-0.3, -0.25) is 4.79 Å². The van der Waals surface area contributed by atoms with Crippen molar-refractivity contribution in [3.05, 3.63) is 41.1 Å².